The number of imide groups is 1. The van der Waals surface area contributed by atoms with E-state index >= 15 is 0 Å². The van der Waals surface area contributed by atoms with Crippen molar-refractivity contribution in [1.29, 1.82) is 5.26 Å². The molecule has 11 aromatic rings. The second kappa shape index (κ2) is 41.4. The van der Waals surface area contributed by atoms with Crippen LogP contribution in [0, 0.1) is 11.3 Å². The van der Waals surface area contributed by atoms with Crippen molar-refractivity contribution in [2.75, 3.05) is 27.5 Å². The molecule has 0 aromatic heterocycles. The molecule has 16 unspecified atom stereocenters. The zero-order valence-corrected chi connectivity index (χ0v) is 89.6. The molecule has 5 aliphatic carbocycles. The van der Waals surface area contributed by atoms with Crippen LogP contribution in [0.1, 0.15) is 215 Å². The van der Waals surface area contributed by atoms with Crippen molar-refractivity contribution in [2.45, 2.75) is 222 Å². The number of rotatable bonds is 7. The maximum absolute atomic E-state index is 13.7. The quantitative estimate of drug-likeness (QED) is 0.0529. The Morgan fingerprint density at radius 3 is 1.07 bits per heavy atom. The lowest BCUT2D eigenvalue weighted by Gasteiger charge is -2.42. The van der Waals surface area contributed by atoms with Gasteiger partial charge in [-0.3, -0.25) is 44.4 Å². The number of thiocarbonyl (C=S) groups is 1. The van der Waals surface area contributed by atoms with E-state index in [-0.39, 0.29) is 101 Å². The fourth-order valence-electron chi connectivity index (χ4n) is 25.4. The maximum atomic E-state index is 13.7. The van der Waals surface area contributed by atoms with Gasteiger partial charge in [0.1, 0.15) is 70.3 Å². The summed E-state index contributed by atoms with van der Waals surface area (Å²) >= 11 is 21.0. The summed E-state index contributed by atoms with van der Waals surface area (Å²) in [6.45, 7) is 0. The summed E-state index contributed by atoms with van der Waals surface area (Å²) in [5, 5.41) is 34.8. The number of urea groups is 1. The smallest absolute Gasteiger partial charge is 0.322 e. The van der Waals surface area contributed by atoms with E-state index in [1.165, 1.54) is 65.4 Å². The number of aliphatic imine (C=N–C) groups is 2. The predicted octanol–water partition coefficient (Wildman–Crippen LogP) is 19.7. The number of guanidine groups is 2. The van der Waals surface area contributed by atoms with E-state index in [1.807, 2.05) is 115 Å². The van der Waals surface area contributed by atoms with Gasteiger partial charge in [-0.05, 0) is 279 Å². The first-order chi connectivity index (χ1) is 71.2. The van der Waals surface area contributed by atoms with Gasteiger partial charge in [0.05, 0.1) is 11.6 Å². The van der Waals surface area contributed by atoms with Crippen LogP contribution in [0.4, 0.5) is 4.79 Å². The molecule has 11 N–H and O–H groups in total. The van der Waals surface area contributed by atoms with E-state index in [9.17, 15) is 34.0 Å². The number of halogens is 4. The number of nitrogens with zero attached hydrogens (tertiary/aromatic N) is 5. The summed E-state index contributed by atoms with van der Waals surface area (Å²) in [5.41, 5.74) is 27.4. The molecular weight excluding hydrogens is 2150 g/mol. The minimum atomic E-state index is -1.12. The Balaban J connectivity index is 0.000000108. The lowest BCUT2D eigenvalue weighted by atomic mass is 9.73. The molecule has 15 aliphatic rings. The van der Waals surface area contributed by atoms with Crippen LogP contribution in [0.25, 0.3) is 11.1 Å². The molecule has 3 fully saturated rings. The van der Waals surface area contributed by atoms with E-state index < -0.39 is 33.7 Å². The lowest BCUT2D eigenvalue weighted by molar-refractivity contribution is -0.133. The number of hydrogen-bond acceptors (Lipinski definition) is 20. The number of nitrogens with one attached hydrogen (secondary N) is 6. The zero-order valence-electron chi connectivity index (χ0n) is 81.7. The summed E-state index contributed by atoms with van der Waals surface area (Å²) in [6, 6.07) is 81.3. The predicted molar refractivity (Wildman–Crippen MR) is 583 cm³/mol. The number of fused-ring (bicyclic) bond motifs is 15. The molecule has 25 nitrogen and oxygen atoms in total. The number of carbonyl (C=O) groups excluding carboxylic acids is 6. The number of likely N-dealkylation sites (N-methyl/N-ethyl adjacent to an activating group) is 2. The first-order valence-electron chi connectivity index (χ1n) is 50.4. The molecule has 5 spiro atoms. The van der Waals surface area contributed by atoms with Crippen molar-refractivity contribution in [3.05, 3.63) is 343 Å². The average Bonchev–Trinajstić information content (AvgIpc) is 1.61. The highest BCUT2D eigenvalue weighted by Gasteiger charge is 2.61. The highest BCUT2D eigenvalue weighted by Crippen LogP contribution is 2.57. The lowest BCUT2D eigenvalue weighted by Crippen LogP contribution is -2.52. The Morgan fingerprint density at radius 1 is 0.401 bits per heavy atom. The molecule has 147 heavy (non-hydrogen) atoms. The fraction of sp³-hybridized carbons (Fsp3) is 0.345. The molecular formula is C116H113Br4N13O12S2. The minimum absolute atomic E-state index is 0.0334. The van der Waals surface area contributed by atoms with Crippen molar-refractivity contribution < 1.29 is 57.6 Å². The van der Waals surface area contributed by atoms with Crippen LogP contribution in [-0.4, -0.2) is 131 Å². The highest BCUT2D eigenvalue weighted by atomic mass is 79.9. The summed E-state index contributed by atoms with van der Waals surface area (Å²) in [6.07, 6.45) is 20.3. The second-order valence-electron chi connectivity index (χ2n) is 40.4. The van der Waals surface area contributed by atoms with Gasteiger partial charge in [-0.15, -0.1) is 11.8 Å². The molecule has 0 bridgehead atoms. The number of carbonyl (C=O) groups is 6. The van der Waals surface area contributed by atoms with Gasteiger partial charge < -0.3 is 61.5 Å². The van der Waals surface area contributed by atoms with Gasteiger partial charge in [0.15, 0.2) is 39.2 Å². The van der Waals surface area contributed by atoms with E-state index in [2.05, 4.69) is 223 Å². The molecule has 754 valence electrons. The normalized spacial score (nSPS) is 27.9. The van der Waals surface area contributed by atoms with Gasteiger partial charge >= 0.3 is 6.03 Å². The molecule has 11 aromatic carbocycles. The fourth-order valence-corrected chi connectivity index (χ4v) is 27.7. The SMILES string of the molecule is CN1C(=O)C2(CC(C3CCCc4ccccc43)Oc3ccc(-c4cccc(C#N)c4)cc32)N=C1N.CN1C(=O)C2(CC(C3CCCc4ccccc43)Oc3ccc(Br)cc32)N=C1N.CO.CSC1NC(=O)C2(CC(C3CCCc4ccccc43)Oc3ccc(Br)cc32)N1.O=C1NC(=O)C2(CC(C3CCCc4ccccc43)Oc3ccc(Br)cc32)N1.O=C1NC(=S)NC12CC(C1CCCc3ccccc31)Oc1ccc(Br)cc12. The second-order valence-corrected chi connectivity index (χ2v) is 45.4. The highest BCUT2D eigenvalue weighted by molar-refractivity contribution is 9.11. The van der Waals surface area contributed by atoms with Crippen molar-refractivity contribution in [1.82, 2.24) is 41.7 Å². The Hall–Kier alpha value is -12.3. The van der Waals surface area contributed by atoms with E-state index in [0.29, 0.717) is 65.8 Å². The van der Waals surface area contributed by atoms with Crippen LogP contribution in [-0.2, 0) is 83.8 Å². The first kappa shape index (κ1) is 101. The third kappa shape index (κ3) is 18.6. The van der Waals surface area contributed by atoms with E-state index in [4.69, 9.17) is 62.5 Å². The van der Waals surface area contributed by atoms with E-state index in [1.54, 1.807) is 31.9 Å². The molecule has 31 heteroatoms. The molecule has 16 atom stereocenters. The van der Waals surface area contributed by atoms with E-state index in [0.717, 1.165) is 172 Å². The summed E-state index contributed by atoms with van der Waals surface area (Å²) in [5.74, 6) is 4.77. The molecule has 0 saturated carbocycles. The number of aliphatic hydroxyl groups excluding tert-OH is 1. The number of thioether (sulfide) groups is 1. The Bertz CT molecular complexity index is 7080. The minimum Gasteiger partial charge on any atom is -0.489 e. The van der Waals surface area contributed by atoms with Crippen LogP contribution in [0.3, 0.4) is 0 Å². The molecule has 7 amide bonds. The van der Waals surface area contributed by atoms with Crippen molar-refractivity contribution in [2.24, 2.45) is 21.5 Å². The number of nitriles is 1. The standard InChI is InChI=1S/C29H26N4O2.C22H22BrN3O2.C22H23BrN2O2S.C21H19BrN2O3.C21H19BrN2O2S.CH4O/c1-33-27(34)29(32-28(33)31)16-26(23-11-5-8-19-7-2-3-10-22(19)23)35-25-13-12-21(15-24(25)29)20-9-4-6-18(14-20)17-30;1-26-20(27)22(25-21(26)24)12-19(28-18-10-9-14(23)11-17(18)22)16-8-4-6-13-5-2-3-7-15(13)16;1-28-21-24-20(26)22(25-21)12-19(27-18-10-9-14(23)11-17(18)22)16-8-4-6-13-5-2-3-7-15(13)16;22-13-8-9-17-16(10-13)21(19(25)23-20(26)24-21)11-18(27-17)15-7-3-5-12-4-1-2-6-14(12)15;22-13-8-9-17-16(10-13)21(19(25)23-20(27)24-21)11-18(26-17)15-7-3-5-12-4-1-2-6-14(12)15;1-2/h2-4,6-7,9-10,12-15,23,26H,5,8,11,16H2,1H3,(H2,31,32);2-3,5,7,9-11,16,19H,4,6,8,12H2,1H3,(H2,24,25);2-3,5,7,9-11,16,19,21,25H,4,6,8,12H2,1H3,(H,24,26);1-2,4,6,8-10,15,18H,3,5,7,11H2,(H2,23,24,25,26);1-2,4,6,8-10,15,18H,3,5,7,11H2,(H2,23,24,25,27);2H,1H3. The topological polar surface area (TPSA) is 348 Å². The Labute approximate surface area is 897 Å². The first-order valence-corrected chi connectivity index (χ1v) is 55.3. The van der Waals surface area contributed by atoms with Crippen LogP contribution in [0.5, 0.6) is 28.7 Å². The average molecular weight is 2270 g/mol. The zero-order chi connectivity index (χ0) is 102. The largest absolute Gasteiger partial charge is 0.489 e. The van der Waals surface area contributed by atoms with Gasteiger partial charge in [0, 0.05) is 129 Å². The Kier molecular flexibility index (Phi) is 28.3. The molecule has 26 rings (SSSR count). The van der Waals surface area contributed by atoms with Gasteiger partial charge in [-0.25, -0.2) is 14.8 Å². The van der Waals surface area contributed by atoms with Crippen molar-refractivity contribution in [3.8, 4) is 45.9 Å². The van der Waals surface area contributed by atoms with Gasteiger partial charge in [-0.1, -0.05) is 203 Å². The van der Waals surface area contributed by atoms with Gasteiger partial charge in [0.2, 0.25) is 5.91 Å². The van der Waals surface area contributed by atoms with Crippen LogP contribution in [0.15, 0.2) is 264 Å². The molecule has 0 radical (unpaired) electrons. The monoisotopic (exact) mass is 2260 g/mol. The summed E-state index contributed by atoms with van der Waals surface area (Å²) in [7, 11) is 4.37. The van der Waals surface area contributed by atoms with Crippen LogP contribution < -0.4 is 67.1 Å². The van der Waals surface area contributed by atoms with Crippen LogP contribution in [0.2, 0.25) is 0 Å². The number of aryl methyl sites for hydroxylation is 5. The summed E-state index contributed by atoms with van der Waals surface area (Å²) in [4.78, 5) is 90.4. The molecule has 10 heterocycles. The summed E-state index contributed by atoms with van der Waals surface area (Å²) < 4.78 is 36.1. The third-order valence-corrected chi connectivity index (χ3v) is 35.2. The van der Waals surface area contributed by atoms with Gasteiger partial charge in [0.25, 0.3) is 23.6 Å². The maximum Gasteiger partial charge on any atom is 0.322 e. The molecule has 10 aliphatic heterocycles. The molecule has 3 saturated heterocycles. The number of nitrogens with two attached hydrogens (primary N) is 2. The number of aliphatic hydroxyl groups is 1. The van der Waals surface area contributed by atoms with Crippen LogP contribution >= 0.6 is 87.7 Å². The van der Waals surface area contributed by atoms with Gasteiger partial charge in [-0.2, -0.15) is 5.26 Å². The number of hydrogen-bond donors (Lipinski definition) is 9. The number of amides is 7. The number of ether oxygens (including phenoxy) is 5. The third-order valence-electron chi connectivity index (χ3n) is 32.3. The number of benzene rings is 11. The van der Waals surface area contributed by atoms with Crippen molar-refractivity contribution >= 4 is 140 Å². The Morgan fingerprint density at radius 2 is 0.728 bits per heavy atom. The van der Waals surface area contributed by atoms with Crippen molar-refractivity contribution in [3.63, 3.8) is 0 Å².